The molecule has 0 aliphatic rings. The van der Waals surface area contributed by atoms with E-state index in [4.69, 9.17) is 18.0 Å². The Morgan fingerprint density at radius 3 is 2.82 bits per heavy atom. The number of pyridine rings is 1. The molecule has 1 unspecified atom stereocenters. The van der Waals surface area contributed by atoms with Crippen molar-refractivity contribution >= 4 is 28.8 Å². The summed E-state index contributed by atoms with van der Waals surface area (Å²) in [7, 11) is 1.71. The van der Waals surface area contributed by atoms with E-state index in [1.165, 1.54) is 0 Å². The zero-order chi connectivity index (χ0) is 12.8. The molecule has 1 heterocycles. The number of carbonyl (C=O) groups is 1. The molecule has 1 amide bonds. The van der Waals surface area contributed by atoms with Crippen LogP contribution in [0.5, 0.6) is 0 Å². The van der Waals surface area contributed by atoms with Crippen molar-refractivity contribution in [1.82, 2.24) is 4.98 Å². The van der Waals surface area contributed by atoms with Crippen molar-refractivity contribution in [2.45, 2.75) is 19.8 Å². The Morgan fingerprint density at radius 1 is 1.65 bits per heavy atom. The minimum atomic E-state index is -0.389. The van der Waals surface area contributed by atoms with Crippen LogP contribution in [0.25, 0.3) is 0 Å². The summed E-state index contributed by atoms with van der Waals surface area (Å²) in [5.41, 5.74) is 6.35. The zero-order valence-electron chi connectivity index (χ0n) is 10.1. The second-order valence-electron chi connectivity index (χ2n) is 3.85. The summed E-state index contributed by atoms with van der Waals surface area (Å²) in [6.07, 6.45) is 4.85. The van der Waals surface area contributed by atoms with Crippen molar-refractivity contribution in [2.24, 2.45) is 11.7 Å². The molecule has 0 saturated carbocycles. The molecule has 0 spiro atoms. The smallest absolute Gasteiger partial charge is 0.236 e. The minimum absolute atomic E-state index is 0.0765. The van der Waals surface area contributed by atoms with Crippen molar-refractivity contribution in [2.75, 3.05) is 11.9 Å². The van der Waals surface area contributed by atoms with Gasteiger partial charge in [0.2, 0.25) is 5.91 Å². The van der Waals surface area contributed by atoms with Gasteiger partial charge < -0.3 is 10.6 Å². The predicted molar refractivity (Wildman–Crippen MR) is 72.8 cm³/mol. The number of hydrogen-bond acceptors (Lipinski definition) is 3. The van der Waals surface area contributed by atoms with Crippen LogP contribution >= 0.6 is 12.2 Å². The van der Waals surface area contributed by atoms with E-state index in [2.05, 4.69) is 4.98 Å². The first-order valence-electron chi connectivity index (χ1n) is 5.54. The lowest BCUT2D eigenvalue weighted by Gasteiger charge is -2.22. The molecule has 0 bridgehead atoms. The molecule has 1 atom stereocenters. The van der Waals surface area contributed by atoms with Gasteiger partial charge in [0.05, 0.1) is 22.8 Å². The van der Waals surface area contributed by atoms with E-state index in [-0.39, 0.29) is 16.8 Å². The molecule has 1 aromatic heterocycles. The van der Waals surface area contributed by atoms with Crippen LogP contribution < -0.4 is 10.6 Å². The molecule has 92 valence electrons. The summed E-state index contributed by atoms with van der Waals surface area (Å²) in [4.78, 5) is 18.0. The molecule has 0 radical (unpaired) electrons. The van der Waals surface area contributed by atoms with Crippen LogP contribution in [0.1, 0.15) is 19.8 Å². The SMILES string of the molecule is CCCC(C(=O)N(C)c1cccnc1)C(N)=S. The van der Waals surface area contributed by atoms with Gasteiger partial charge in [-0.1, -0.05) is 25.6 Å². The summed E-state index contributed by atoms with van der Waals surface area (Å²) in [6.45, 7) is 2.00. The van der Waals surface area contributed by atoms with Crippen LogP contribution in [0.15, 0.2) is 24.5 Å². The van der Waals surface area contributed by atoms with Crippen LogP contribution in [0, 0.1) is 5.92 Å². The average Bonchev–Trinajstić information content (AvgIpc) is 2.35. The lowest BCUT2D eigenvalue weighted by Crippen LogP contribution is -2.39. The van der Waals surface area contributed by atoms with Crippen molar-refractivity contribution in [3.05, 3.63) is 24.5 Å². The summed E-state index contributed by atoms with van der Waals surface area (Å²) in [6, 6.07) is 3.61. The summed E-state index contributed by atoms with van der Waals surface area (Å²) in [5, 5.41) is 0. The highest BCUT2D eigenvalue weighted by atomic mass is 32.1. The number of hydrogen-bond donors (Lipinski definition) is 1. The first-order valence-corrected chi connectivity index (χ1v) is 5.95. The molecule has 1 rings (SSSR count). The second-order valence-corrected chi connectivity index (χ2v) is 4.32. The number of rotatable bonds is 5. The standard InChI is InChI=1S/C12H17N3OS/c1-3-5-10(11(13)17)12(16)15(2)9-6-4-7-14-8-9/h4,6-8,10H,3,5H2,1-2H3,(H2,13,17). The monoisotopic (exact) mass is 251 g/mol. The molecule has 2 N–H and O–H groups in total. The van der Waals surface area contributed by atoms with Gasteiger partial charge in [-0.05, 0) is 18.6 Å². The molecule has 0 aliphatic heterocycles. The summed E-state index contributed by atoms with van der Waals surface area (Å²) in [5.74, 6) is -0.465. The Morgan fingerprint density at radius 2 is 2.35 bits per heavy atom. The van der Waals surface area contributed by atoms with Crippen LogP contribution in [-0.2, 0) is 4.79 Å². The number of carbonyl (C=O) groups excluding carboxylic acids is 1. The fourth-order valence-electron chi connectivity index (χ4n) is 1.59. The van der Waals surface area contributed by atoms with Gasteiger partial charge in [0.25, 0.3) is 0 Å². The molecule has 0 saturated heterocycles. The first kappa shape index (κ1) is 13.6. The highest BCUT2D eigenvalue weighted by Crippen LogP contribution is 2.16. The molecular formula is C12H17N3OS. The maximum Gasteiger partial charge on any atom is 0.236 e. The van der Waals surface area contributed by atoms with Gasteiger partial charge in [-0.2, -0.15) is 0 Å². The van der Waals surface area contributed by atoms with E-state index in [0.29, 0.717) is 6.42 Å². The van der Waals surface area contributed by atoms with Gasteiger partial charge in [-0.25, -0.2) is 0 Å². The Balaban J connectivity index is 2.84. The van der Waals surface area contributed by atoms with Gasteiger partial charge in [0.1, 0.15) is 0 Å². The number of anilines is 1. The number of thiocarbonyl (C=S) groups is 1. The number of nitrogens with zero attached hydrogens (tertiary/aromatic N) is 2. The van der Waals surface area contributed by atoms with Crippen molar-refractivity contribution in [3.8, 4) is 0 Å². The molecule has 4 nitrogen and oxygen atoms in total. The van der Waals surface area contributed by atoms with Gasteiger partial charge in [0.15, 0.2) is 0 Å². The molecule has 1 aromatic rings. The van der Waals surface area contributed by atoms with Crippen LogP contribution in [0.3, 0.4) is 0 Å². The first-order chi connectivity index (χ1) is 8.07. The summed E-state index contributed by atoms with van der Waals surface area (Å²) >= 11 is 4.94. The fraction of sp³-hybridized carbons (Fsp3) is 0.417. The maximum absolute atomic E-state index is 12.2. The summed E-state index contributed by atoms with van der Waals surface area (Å²) < 4.78 is 0. The third-order valence-electron chi connectivity index (χ3n) is 2.58. The third kappa shape index (κ3) is 3.49. The number of nitrogens with two attached hydrogens (primary N) is 1. The fourth-order valence-corrected chi connectivity index (χ4v) is 1.81. The molecule has 17 heavy (non-hydrogen) atoms. The van der Waals surface area contributed by atoms with E-state index in [1.54, 1.807) is 30.4 Å². The van der Waals surface area contributed by atoms with E-state index < -0.39 is 0 Å². The van der Waals surface area contributed by atoms with Gasteiger partial charge in [0, 0.05) is 13.2 Å². The van der Waals surface area contributed by atoms with E-state index in [9.17, 15) is 4.79 Å². The highest BCUT2D eigenvalue weighted by molar-refractivity contribution is 7.80. The molecule has 5 heteroatoms. The van der Waals surface area contributed by atoms with Crippen molar-refractivity contribution in [3.63, 3.8) is 0 Å². The molecule has 0 aliphatic carbocycles. The van der Waals surface area contributed by atoms with Crippen LogP contribution in [0.2, 0.25) is 0 Å². The van der Waals surface area contributed by atoms with Crippen molar-refractivity contribution in [1.29, 1.82) is 0 Å². The average molecular weight is 251 g/mol. The van der Waals surface area contributed by atoms with Crippen LogP contribution in [-0.4, -0.2) is 22.9 Å². The van der Waals surface area contributed by atoms with E-state index >= 15 is 0 Å². The highest BCUT2D eigenvalue weighted by Gasteiger charge is 2.24. The quantitative estimate of drug-likeness (QED) is 0.810. The Hall–Kier alpha value is -1.49. The number of amides is 1. The van der Waals surface area contributed by atoms with Crippen molar-refractivity contribution < 1.29 is 4.79 Å². The molecule has 0 fully saturated rings. The lowest BCUT2D eigenvalue weighted by molar-refractivity contribution is -0.120. The number of aromatic nitrogens is 1. The zero-order valence-corrected chi connectivity index (χ0v) is 10.9. The normalized spacial score (nSPS) is 11.9. The van der Waals surface area contributed by atoms with Crippen LogP contribution in [0.4, 0.5) is 5.69 Å². The van der Waals surface area contributed by atoms with E-state index in [0.717, 1.165) is 12.1 Å². The van der Waals surface area contributed by atoms with E-state index in [1.807, 2.05) is 13.0 Å². The van der Waals surface area contributed by atoms with Gasteiger partial charge in [-0.15, -0.1) is 0 Å². The predicted octanol–water partition coefficient (Wildman–Crippen LogP) is 1.75. The molecular weight excluding hydrogens is 234 g/mol. The topological polar surface area (TPSA) is 59.2 Å². The Bertz CT molecular complexity index is 394. The third-order valence-corrected chi connectivity index (χ3v) is 2.87. The molecule has 0 aromatic carbocycles. The Kier molecular flexibility index (Phi) is 5.03. The van der Waals surface area contributed by atoms with Gasteiger partial charge in [-0.3, -0.25) is 9.78 Å². The largest absolute Gasteiger partial charge is 0.393 e. The maximum atomic E-state index is 12.2. The minimum Gasteiger partial charge on any atom is -0.393 e. The lowest BCUT2D eigenvalue weighted by atomic mass is 10.0. The Labute approximate surface area is 107 Å². The van der Waals surface area contributed by atoms with Gasteiger partial charge >= 0.3 is 0 Å². The second kappa shape index (κ2) is 6.30.